The lowest BCUT2D eigenvalue weighted by Crippen LogP contribution is -2.17. The van der Waals surface area contributed by atoms with Crippen LogP contribution in [0.4, 0.5) is 5.69 Å². The van der Waals surface area contributed by atoms with Crippen molar-refractivity contribution in [2.75, 3.05) is 25.1 Å². The molecule has 0 fully saturated rings. The van der Waals surface area contributed by atoms with E-state index >= 15 is 0 Å². The van der Waals surface area contributed by atoms with Gasteiger partial charge in [-0.2, -0.15) is 0 Å². The molecule has 0 aliphatic heterocycles. The van der Waals surface area contributed by atoms with Gasteiger partial charge >= 0.3 is 5.97 Å². The number of hydrogen-bond acceptors (Lipinski definition) is 4. The first kappa shape index (κ1) is 13.4. The summed E-state index contributed by atoms with van der Waals surface area (Å²) in [5.74, 6) is 0.590. The first-order valence-electron chi connectivity index (χ1n) is 5.88. The van der Waals surface area contributed by atoms with Gasteiger partial charge in [0, 0.05) is 5.69 Å². The van der Waals surface area contributed by atoms with E-state index in [-0.39, 0.29) is 12.5 Å². The Balaban J connectivity index is 2.34. The molecule has 1 N–H and O–H groups in total. The van der Waals surface area contributed by atoms with Gasteiger partial charge in [0.1, 0.15) is 12.3 Å². The minimum absolute atomic E-state index is 0.188. The average molecular weight is 237 g/mol. The van der Waals surface area contributed by atoms with Crippen molar-refractivity contribution in [3.05, 3.63) is 24.3 Å². The third kappa shape index (κ3) is 5.24. The van der Waals surface area contributed by atoms with Gasteiger partial charge in [-0.1, -0.05) is 6.92 Å². The van der Waals surface area contributed by atoms with E-state index in [1.807, 2.05) is 38.1 Å². The zero-order chi connectivity index (χ0) is 12.5. The van der Waals surface area contributed by atoms with Gasteiger partial charge in [-0.15, -0.1) is 0 Å². The van der Waals surface area contributed by atoms with Crippen LogP contribution < -0.4 is 10.1 Å². The predicted molar refractivity (Wildman–Crippen MR) is 67.4 cm³/mol. The van der Waals surface area contributed by atoms with Crippen LogP contribution in [0.2, 0.25) is 0 Å². The van der Waals surface area contributed by atoms with Crippen molar-refractivity contribution in [1.82, 2.24) is 0 Å². The van der Waals surface area contributed by atoms with E-state index in [0.29, 0.717) is 13.2 Å². The molecule has 4 nitrogen and oxygen atoms in total. The van der Waals surface area contributed by atoms with E-state index < -0.39 is 0 Å². The quantitative estimate of drug-likeness (QED) is 0.740. The van der Waals surface area contributed by atoms with Gasteiger partial charge in [0.15, 0.2) is 0 Å². The monoisotopic (exact) mass is 237 g/mol. The van der Waals surface area contributed by atoms with E-state index in [9.17, 15) is 4.79 Å². The maximum absolute atomic E-state index is 11.2. The minimum Gasteiger partial charge on any atom is -0.494 e. The Bertz CT molecular complexity index is 335. The van der Waals surface area contributed by atoms with Crippen LogP contribution >= 0.6 is 0 Å². The van der Waals surface area contributed by atoms with E-state index in [1.165, 1.54) is 0 Å². The van der Waals surface area contributed by atoms with Gasteiger partial charge in [-0.05, 0) is 37.6 Å². The molecule has 0 heterocycles. The Kier molecular flexibility index (Phi) is 5.93. The third-order valence-corrected chi connectivity index (χ3v) is 2.07. The molecule has 94 valence electrons. The van der Waals surface area contributed by atoms with Crippen molar-refractivity contribution in [2.24, 2.45) is 0 Å². The van der Waals surface area contributed by atoms with Crippen molar-refractivity contribution >= 4 is 11.7 Å². The third-order valence-electron chi connectivity index (χ3n) is 2.07. The molecule has 1 aromatic carbocycles. The largest absolute Gasteiger partial charge is 0.494 e. The second-order valence-electron chi connectivity index (χ2n) is 3.53. The first-order chi connectivity index (χ1) is 8.26. The highest BCUT2D eigenvalue weighted by Crippen LogP contribution is 2.15. The van der Waals surface area contributed by atoms with Gasteiger partial charge in [0.25, 0.3) is 0 Å². The van der Waals surface area contributed by atoms with E-state index in [0.717, 1.165) is 17.9 Å². The maximum Gasteiger partial charge on any atom is 0.325 e. The lowest BCUT2D eigenvalue weighted by Gasteiger charge is -2.07. The van der Waals surface area contributed by atoms with Gasteiger partial charge in [-0.3, -0.25) is 4.79 Å². The van der Waals surface area contributed by atoms with Crippen LogP contribution in [0.15, 0.2) is 24.3 Å². The average Bonchev–Trinajstić information content (AvgIpc) is 2.36. The first-order valence-corrected chi connectivity index (χ1v) is 5.88. The van der Waals surface area contributed by atoms with E-state index in [4.69, 9.17) is 9.47 Å². The number of esters is 1. The number of nitrogens with one attached hydrogen (secondary N) is 1. The fraction of sp³-hybridized carbons (Fsp3) is 0.462. The summed E-state index contributed by atoms with van der Waals surface area (Å²) in [6.07, 6.45) is 0.842. The molecule has 1 aromatic rings. The van der Waals surface area contributed by atoms with Gasteiger partial charge in [0.05, 0.1) is 13.2 Å². The Morgan fingerprint density at radius 2 is 1.94 bits per heavy atom. The highest BCUT2D eigenvalue weighted by molar-refractivity contribution is 5.74. The van der Waals surface area contributed by atoms with Crippen LogP contribution in [-0.4, -0.2) is 25.7 Å². The lowest BCUT2D eigenvalue weighted by molar-refractivity contribution is -0.141. The second kappa shape index (κ2) is 7.54. The van der Waals surface area contributed by atoms with E-state index in [1.54, 1.807) is 0 Å². The summed E-state index contributed by atoms with van der Waals surface area (Å²) in [5, 5.41) is 2.99. The topological polar surface area (TPSA) is 47.6 Å². The summed E-state index contributed by atoms with van der Waals surface area (Å²) in [6, 6.07) is 7.47. The molecule has 1 rings (SSSR count). The maximum atomic E-state index is 11.2. The highest BCUT2D eigenvalue weighted by Gasteiger charge is 2.01. The van der Waals surface area contributed by atoms with Gasteiger partial charge < -0.3 is 14.8 Å². The van der Waals surface area contributed by atoms with Crippen molar-refractivity contribution in [2.45, 2.75) is 20.3 Å². The number of benzene rings is 1. The van der Waals surface area contributed by atoms with Crippen LogP contribution in [0.5, 0.6) is 5.75 Å². The summed E-state index contributed by atoms with van der Waals surface area (Å²) >= 11 is 0. The van der Waals surface area contributed by atoms with Crippen molar-refractivity contribution in [3.8, 4) is 5.75 Å². The van der Waals surface area contributed by atoms with Crippen LogP contribution in [-0.2, 0) is 9.53 Å². The summed E-state index contributed by atoms with van der Waals surface area (Å²) in [5.41, 5.74) is 0.877. The van der Waals surface area contributed by atoms with Crippen LogP contribution in [0.3, 0.4) is 0 Å². The molecular weight excluding hydrogens is 218 g/mol. The number of rotatable bonds is 7. The number of ether oxygens (including phenoxy) is 2. The molecule has 0 spiro atoms. The number of carbonyl (C=O) groups excluding carboxylic acids is 1. The molecule has 0 saturated carbocycles. The molecule has 0 radical (unpaired) electrons. The summed E-state index contributed by atoms with van der Waals surface area (Å²) in [6.45, 7) is 5.22. The molecule has 0 atom stereocenters. The molecule has 0 aliphatic carbocycles. The summed E-state index contributed by atoms with van der Waals surface area (Å²) in [7, 11) is 0. The number of carbonyl (C=O) groups is 1. The molecule has 0 aliphatic rings. The minimum atomic E-state index is -0.235. The lowest BCUT2D eigenvalue weighted by atomic mass is 10.3. The van der Waals surface area contributed by atoms with Crippen molar-refractivity contribution < 1.29 is 14.3 Å². The molecule has 0 unspecified atom stereocenters. The molecule has 17 heavy (non-hydrogen) atoms. The Labute approximate surface area is 102 Å². The summed E-state index contributed by atoms with van der Waals surface area (Å²) in [4.78, 5) is 11.2. The van der Waals surface area contributed by atoms with E-state index in [2.05, 4.69) is 5.32 Å². The SMILES string of the molecule is CCCOC(=O)CNc1ccc(OCC)cc1. The van der Waals surface area contributed by atoms with Gasteiger partial charge in [-0.25, -0.2) is 0 Å². The molecule has 0 aromatic heterocycles. The normalized spacial score (nSPS) is 9.76. The summed E-state index contributed by atoms with van der Waals surface area (Å²) < 4.78 is 10.3. The molecule has 4 heteroatoms. The number of anilines is 1. The molecule has 0 bridgehead atoms. The fourth-order valence-corrected chi connectivity index (χ4v) is 1.28. The van der Waals surface area contributed by atoms with Crippen LogP contribution in [0.25, 0.3) is 0 Å². The standard InChI is InChI=1S/C13H19NO3/c1-3-9-17-13(15)10-14-11-5-7-12(8-6-11)16-4-2/h5-8,14H,3-4,9-10H2,1-2H3. The highest BCUT2D eigenvalue weighted by atomic mass is 16.5. The molecule has 0 amide bonds. The zero-order valence-electron chi connectivity index (χ0n) is 10.4. The van der Waals surface area contributed by atoms with Crippen molar-refractivity contribution in [3.63, 3.8) is 0 Å². The number of hydrogen-bond donors (Lipinski definition) is 1. The molecule has 0 saturated heterocycles. The smallest absolute Gasteiger partial charge is 0.325 e. The second-order valence-corrected chi connectivity index (χ2v) is 3.53. The fourth-order valence-electron chi connectivity index (χ4n) is 1.28. The Morgan fingerprint density at radius 3 is 2.53 bits per heavy atom. The molecular formula is C13H19NO3. The van der Waals surface area contributed by atoms with Crippen LogP contribution in [0, 0.1) is 0 Å². The predicted octanol–water partition coefficient (Wildman–Crippen LogP) is 2.45. The Hall–Kier alpha value is -1.71. The van der Waals surface area contributed by atoms with Gasteiger partial charge in [0.2, 0.25) is 0 Å². The van der Waals surface area contributed by atoms with Crippen LogP contribution in [0.1, 0.15) is 20.3 Å². The van der Waals surface area contributed by atoms with Crippen molar-refractivity contribution in [1.29, 1.82) is 0 Å². The Morgan fingerprint density at radius 1 is 1.24 bits per heavy atom. The zero-order valence-corrected chi connectivity index (χ0v) is 10.4.